The van der Waals surface area contributed by atoms with Gasteiger partial charge in [0.2, 0.25) is 5.01 Å². The molecule has 1 heterocycles. The highest BCUT2D eigenvalue weighted by Crippen LogP contribution is 2.19. The van der Waals surface area contributed by atoms with Crippen molar-refractivity contribution in [2.24, 2.45) is 0 Å². The number of halogens is 3. The van der Waals surface area contributed by atoms with Crippen LogP contribution in [0.25, 0.3) is 0 Å². The third kappa shape index (κ3) is 4.29. The van der Waals surface area contributed by atoms with Gasteiger partial charge in [0.05, 0.1) is 5.69 Å². The number of hydrogen-bond acceptors (Lipinski definition) is 5. The van der Waals surface area contributed by atoms with E-state index in [1.165, 1.54) is 5.38 Å². The second-order valence-corrected chi connectivity index (χ2v) is 4.00. The van der Waals surface area contributed by atoms with Crippen molar-refractivity contribution in [3.63, 3.8) is 0 Å². The number of thiazole rings is 1. The fourth-order valence-electron chi connectivity index (χ4n) is 0.939. The Kier molecular flexibility index (Phi) is 4.43. The van der Waals surface area contributed by atoms with Gasteiger partial charge in [-0.25, -0.2) is 9.78 Å². The van der Waals surface area contributed by atoms with Gasteiger partial charge in [-0.1, -0.05) is 0 Å². The minimum absolute atomic E-state index is 0.0308. The van der Waals surface area contributed by atoms with Crippen LogP contribution in [-0.4, -0.2) is 40.0 Å². The Morgan fingerprint density at radius 2 is 2.24 bits per heavy atom. The van der Waals surface area contributed by atoms with E-state index >= 15 is 0 Å². The van der Waals surface area contributed by atoms with E-state index in [1.807, 2.05) is 0 Å². The molecule has 0 aliphatic heterocycles. The van der Waals surface area contributed by atoms with E-state index < -0.39 is 24.8 Å². The summed E-state index contributed by atoms with van der Waals surface area (Å²) in [5, 5.41) is 20.9. The number of carboxylic acid groups (broad SMARTS) is 1. The van der Waals surface area contributed by atoms with E-state index in [2.05, 4.69) is 10.3 Å². The lowest BCUT2D eigenvalue weighted by Gasteiger charge is -2.14. The second-order valence-electron chi connectivity index (χ2n) is 3.14. The van der Waals surface area contributed by atoms with Crippen molar-refractivity contribution in [3.05, 3.63) is 16.1 Å². The third-order valence-corrected chi connectivity index (χ3v) is 2.64. The van der Waals surface area contributed by atoms with Crippen molar-refractivity contribution >= 4 is 17.3 Å². The summed E-state index contributed by atoms with van der Waals surface area (Å²) in [5.74, 6) is -1.18. The van der Waals surface area contributed by atoms with Gasteiger partial charge in [-0.05, 0) is 0 Å². The molecule has 9 heteroatoms. The Morgan fingerprint density at radius 1 is 1.59 bits per heavy atom. The molecule has 96 valence electrons. The van der Waals surface area contributed by atoms with Crippen LogP contribution in [0.4, 0.5) is 13.2 Å². The molecule has 0 saturated heterocycles. The van der Waals surface area contributed by atoms with Gasteiger partial charge >= 0.3 is 12.1 Å². The third-order valence-electron chi connectivity index (χ3n) is 1.76. The monoisotopic (exact) mass is 270 g/mol. The zero-order valence-corrected chi connectivity index (χ0v) is 9.18. The highest BCUT2D eigenvalue weighted by atomic mass is 32.1. The smallest absolute Gasteiger partial charge is 0.415 e. The number of nitrogens with zero attached hydrogens (tertiary/aromatic N) is 1. The minimum atomic E-state index is -4.67. The van der Waals surface area contributed by atoms with Gasteiger partial charge in [-0.2, -0.15) is 13.2 Å². The summed E-state index contributed by atoms with van der Waals surface area (Å²) in [4.78, 5) is 14.1. The first-order valence-electron chi connectivity index (χ1n) is 4.44. The van der Waals surface area contributed by atoms with Gasteiger partial charge in [-0.3, -0.25) is 0 Å². The zero-order valence-electron chi connectivity index (χ0n) is 8.36. The molecule has 3 N–H and O–H groups in total. The Labute approximate surface area is 97.9 Å². The molecule has 0 bridgehead atoms. The van der Waals surface area contributed by atoms with E-state index in [4.69, 9.17) is 10.2 Å². The number of aliphatic hydroxyl groups excluding tert-OH is 1. The molecule has 1 aromatic heterocycles. The lowest BCUT2D eigenvalue weighted by Crippen LogP contribution is -2.38. The molecule has 1 aromatic rings. The van der Waals surface area contributed by atoms with Crippen molar-refractivity contribution in [1.29, 1.82) is 0 Å². The molecule has 0 amide bonds. The van der Waals surface area contributed by atoms with Gasteiger partial charge in [0.1, 0.15) is 0 Å². The van der Waals surface area contributed by atoms with E-state index in [1.54, 1.807) is 0 Å². The number of carbonyl (C=O) groups is 1. The number of hydrogen-bond donors (Lipinski definition) is 3. The maximum absolute atomic E-state index is 11.9. The van der Waals surface area contributed by atoms with Gasteiger partial charge in [0.25, 0.3) is 0 Å². The average Bonchev–Trinajstić information content (AvgIpc) is 2.64. The van der Waals surface area contributed by atoms with Crippen LogP contribution in [0, 0.1) is 0 Å². The van der Waals surface area contributed by atoms with E-state index in [0.717, 1.165) is 11.3 Å². The molecule has 1 atom stereocenters. The molecular weight excluding hydrogens is 261 g/mol. The average molecular weight is 270 g/mol. The first-order valence-corrected chi connectivity index (χ1v) is 5.32. The largest absolute Gasteiger partial charge is 0.476 e. The Hall–Kier alpha value is -1.19. The van der Waals surface area contributed by atoms with Crippen LogP contribution in [0.1, 0.15) is 15.5 Å². The number of carboxylic acids is 1. The number of aromatic carboxylic acids is 1. The highest BCUT2D eigenvalue weighted by Gasteiger charge is 2.37. The summed E-state index contributed by atoms with van der Waals surface area (Å²) in [5.41, 5.74) is 0.321. The summed E-state index contributed by atoms with van der Waals surface area (Å²) in [7, 11) is 0. The molecule has 0 aliphatic rings. The van der Waals surface area contributed by atoms with E-state index in [0.29, 0.717) is 5.69 Å². The first-order chi connectivity index (χ1) is 7.80. The van der Waals surface area contributed by atoms with Crippen LogP contribution in [0.5, 0.6) is 0 Å². The van der Waals surface area contributed by atoms with Gasteiger partial charge in [0, 0.05) is 18.5 Å². The number of alkyl halides is 3. The summed E-state index contributed by atoms with van der Waals surface area (Å²) >= 11 is 0.887. The van der Waals surface area contributed by atoms with Gasteiger partial charge < -0.3 is 15.5 Å². The van der Waals surface area contributed by atoms with Gasteiger partial charge in [0.15, 0.2) is 6.10 Å². The normalized spacial score (nSPS) is 13.6. The summed E-state index contributed by atoms with van der Waals surface area (Å²) in [6.45, 7) is -0.694. The number of aliphatic hydroxyl groups is 1. The van der Waals surface area contributed by atoms with Crippen LogP contribution < -0.4 is 5.32 Å². The number of nitrogens with one attached hydrogen (secondary N) is 1. The van der Waals surface area contributed by atoms with Crippen LogP contribution in [0.2, 0.25) is 0 Å². The van der Waals surface area contributed by atoms with Crippen LogP contribution in [-0.2, 0) is 6.54 Å². The molecule has 0 aliphatic carbocycles. The second kappa shape index (κ2) is 5.43. The van der Waals surface area contributed by atoms with Crippen molar-refractivity contribution in [2.45, 2.75) is 18.8 Å². The molecule has 0 radical (unpaired) electrons. The first kappa shape index (κ1) is 13.9. The maximum Gasteiger partial charge on any atom is 0.415 e. The molecule has 1 unspecified atom stereocenters. The fourth-order valence-corrected chi connectivity index (χ4v) is 1.59. The SMILES string of the molecule is O=C(O)c1nc(CNCC(O)C(F)(F)F)cs1. The fraction of sp³-hybridized carbons (Fsp3) is 0.500. The van der Waals surface area contributed by atoms with E-state index in [9.17, 15) is 18.0 Å². The lowest BCUT2D eigenvalue weighted by atomic mass is 10.3. The summed E-state index contributed by atoms with van der Waals surface area (Å²) in [6, 6.07) is 0. The standard InChI is InChI=1S/C8H9F3N2O3S/c9-8(10,11)5(14)2-12-1-4-3-17-6(13-4)7(15)16/h3,5,12,14H,1-2H2,(H,15,16). The van der Waals surface area contributed by atoms with Crippen LogP contribution in [0.3, 0.4) is 0 Å². The summed E-state index contributed by atoms with van der Waals surface area (Å²) in [6.07, 6.45) is -7.11. The van der Waals surface area contributed by atoms with Crippen molar-refractivity contribution in [3.8, 4) is 0 Å². The molecule has 0 spiro atoms. The van der Waals surface area contributed by atoms with Crippen molar-refractivity contribution in [1.82, 2.24) is 10.3 Å². The van der Waals surface area contributed by atoms with Gasteiger partial charge in [-0.15, -0.1) is 11.3 Å². The Balaban J connectivity index is 2.38. The molecule has 17 heavy (non-hydrogen) atoms. The molecule has 0 fully saturated rings. The molecule has 0 saturated carbocycles. The van der Waals surface area contributed by atoms with Crippen LogP contribution in [0.15, 0.2) is 5.38 Å². The topological polar surface area (TPSA) is 82.5 Å². The lowest BCUT2D eigenvalue weighted by molar-refractivity contribution is -0.201. The predicted molar refractivity (Wildman–Crippen MR) is 52.8 cm³/mol. The molecule has 5 nitrogen and oxygen atoms in total. The highest BCUT2D eigenvalue weighted by molar-refractivity contribution is 7.11. The van der Waals surface area contributed by atoms with E-state index in [-0.39, 0.29) is 11.6 Å². The molecule has 1 rings (SSSR count). The van der Waals surface area contributed by atoms with Crippen LogP contribution >= 0.6 is 11.3 Å². The quantitative estimate of drug-likeness (QED) is 0.739. The predicted octanol–water partition coefficient (Wildman–Crippen LogP) is 0.854. The van der Waals surface area contributed by atoms with Crippen molar-refractivity contribution < 1.29 is 28.2 Å². The number of rotatable bonds is 5. The molecule has 0 aromatic carbocycles. The summed E-state index contributed by atoms with van der Waals surface area (Å²) < 4.78 is 35.7. The Morgan fingerprint density at radius 3 is 2.71 bits per heavy atom. The maximum atomic E-state index is 11.9. The minimum Gasteiger partial charge on any atom is -0.476 e. The molecular formula is C8H9F3N2O3S. The zero-order chi connectivity index (χ0) is 13.1. The Bertz CT molecular complexity index is 394. The van der Waals surface area contributed by atoms with Crippen molar-refractivity contribution in [2.75, 3.05) is 6.54 Å². The number of aromatic nitrogens is 1.